The average Bonchev–Trinajstić information content (AvgIpc) is 2.80. The largest absolute Gasteiger partial charge is 0.418 e. The third kappa shape index (κ3) is 2.72. The van der Waals surface area contributed by atoms with E-state index in [-0.39, 0.29) is 5.69 Å². The second-order valence-corrected chi connectivity index (χ2v) is 5.96. The molecule has 0 amide bonds. The van der Waals surface area contributed by atoms with Crippen molar-refractivity contribution >= 4 is 27.3 Å². The summed E-state index contributed by atoms with van der Waals surface area (Å²) in [5.74, 6) is 0. The summed E-state index contributed by atoms with van der Waals surface area (Å²) in [5.41, 5.74) is 7.92. The molecule has 2 N–H and O–H groups in total. The molecule has 21 heavy (non-hydrogen) atoms. The van der Waals surface area contributed by atoms with Crippen LogP contribution >= 0.6 is 15.9 Å². The van der Waals surface area contributed by atoms with Gasteiger partial charge in [-0.1, -0.05) is 22.0 Å². The second kappa shape index (κ2) is 4.94. The van der Waals surface area contributed by atoms with Crippen LogP contribution < -0.4 is 10.6 Å². The molecule has 0 aliphatic carbocycles. The van der Waals surface area contributed by atoms with Gasteiger partial charge in [-0.05, 0) is 41.5 Å². The van der Waals surface area contributed by atoms with Crippen molar-refractivity contribution in [3.63, 3.8) is 0 Å². The van der Waals surface area contributed by atoms with E-state index in [0.717, 1.165) is 17.2 Å². The van der Waals surface area contributed by atoms with Crippen molar-refractivity contribution in [3.05, 3.63) is 57.6 Å². The molecule has 2 aromatic carbocycles. The summed E-state index contributed by atoms with van der Waals surface area (Å²) in [6.07, 6.45) is -4.38. The maximum Gasteiger partial charge on any atom is 0.418 e. The molecule has 0 spiro atoms. The normalized spacial score (nSPS) is 14.4. The molecule has 0 atom stereocenters. The fourth-order valence-corrected chi connectivity index (χ4v) is 2.96. The van der Waals surface area contributed by atoms with E-state index in [1.54, 1.807) is 17.0 Å². The first-order valence-corrected chi connectivity index (χ1v) is 7.13. The molecular weight excluding hydrogens is 345 g/mol. The molecule has 0 aromatic heterocycles. The van der Waals surface area contributed by atoms with Crippen LogP contribution in [0.5, 0.6) is 0 Å². The van der Waals surface area contributed by atoms with Gasteiger partial charge in [0.2, 0.25) is 0 Å². The van der Waals surface area contributed by atoms with Crippen molar-refractivity contribution in [3.8, 4) is 0 Å². The summed E-state index contributed by atoms with van der Waals surface area (Å²) in [6.45, 7) is 0.894. The molecule has 0 bridgehead atoms. The lowest BCUT2D eigenvalue weighted by Gasteiger charge is -2.23. The number of nitrogens with zero attached hydrogens (tertiary/aromatic N) is 1. The van der Waals surface area contributed by atoms with Crippen LogP contribution in [-0.4, -0.2) is 0 Å². The summed E-state index contributed by atoms with van der Waals surface area (Å²) in [6, 6.07) is 9.71. The Labute approximate surface area is 128 Å². The van der Waals surface area contributed by atoms with Gasteiger partial charge >= 0.3 is 6.18 Å². The standard InChI is InChI=1S/C15H12BrF3N2/c16-11-2-4-14(13(6-11)15(17,18)19)21-7-9-1-3-12(20)5-10(9)8-21/h1-6H,7-8,20H2. The molecule has 1 aliphatic rings. The number of rotatable bonds is 1. The molecule has 0 saturated carbocycles. The van der Waals surface area contributed by atoms with Gasteiger partial charge in [-0.15, -0.1) is 0 Å². The lowest BCUT2D eigenvalue weighted by molar-refractivity contribution is -0.137. The van der Waals surface area contributed by atoms with Gasteiger partial charge in [0.05, 0.1) is 5.56 Å². The fourth-order valence-electron chi connectivity index (χ4n) is 2.60. The number of hydrogen-bond donors (Lipinski definition) is 1. The zero-order valence-electron chi connectivity index (χ0n) is 10.9. The fraction of sp³-hybridized carbons (Fsp3) is 0.200. The van der Waals surface area contributed by atoms with Crippen molar-refractivity contribution in [1.82, 2.24) is 0 Å². The van der Waals surface area contributed by atoms with Crippen LogP contribution in [-0.2, 0) is 19.3 Å². The van der Waals surface area contributed by atoms with Crippen molar-refractivity contribution in [2.75, 3.05) is 10.6 Å². The molecule has 1 heterocycles. The first kappa shape index (κ1) is 14.3. The number of halogens is 4. The number of nitrogens with two attached hydrogens (primary N) is 1. The van der Waals surface area contributed by atoms with Gasteiger partial charge in [0, 0.05) is 28.9 Å². The molecule has 3 rings (SSSR count). The maximum atomic E-state index is 13.2. The minimum Gasteiger partial charge on any atom is -0.399 e. The number of anilines is 2. The summed E-state index contributed by atoms with van der Waals surface area (Å²) in [7, 11) is 0. The molecule has 2 aromatic rings. The molecule has 6 heteroatoms. The van der Waals surface area contributed by atoms with Crippen LogP contribution in [0.25, 0.3) is 0 Å². The summed E-state index contributed by atoms with van der Waals surface area (Å²) < 4.78 is 40.0. The Morgan fingerprint density at radius 1 is 1.00 bits per heavy atom. The van der Waals surface area contributed by atoms with Crippen molar-refractivity contribution in [2.45, 2.75) is 19.3 Å². The minimum absolute atomic E-state index is 0.195. The van der Waals surface area contributed by atoms with E-state index in [1.165, 1.54) is 6.07 Å². The molecule has 0 radical (unpaired) electrons. The van der Waals surface area contributed by atoms with E-state index in [1.807, 2.05) is 12.1 Å². The summed E-state index contributed by atoms with van der Waals surface area (Å²) in [4.78, 5) is 1.72. The third-order valence-electron chi connectivity index (χ3n) is 3.56. The predicted octanol–water partition coefficient (Wildman–Crippen LogP) is 4.57. The van der Waals surface area contributed by atoms with Crippen LogP contribution in [0.15, 0.2) is 40.9 Å². The first-order valence-electron chi connectivity index (χ1n) is 6.33. The Hall–Kier alpha value is -1.69. The van der Waals surface area contributed by atoms with Crippen LogP contribution in [0.2, 0.25) is 0 Å². The number of alkyl halides is 3. The number of fused-ring (bicyclic) bond motifs is 1. The van der Waals surface area contributed by atoms with Gasteiger partial charge in [0.1, 0.15) is 0 Å². The maximum absolute atomic E-state index is 13.2. The van der Waals surface area contributed by atoms with Gasteiger partial charge in [0.25, 0.3) is 0 Å². The Bertz CT molecular complexity index is 698. The van der Waals surface area contributed by atoms with Gasteiger partial charge in [-0.25, -0.2) is 0 Å². The predicted molar refractivity (Wildman–Crippen MR) is 79.9 cm³/mol. The van der Waals surface area contributed by atoms with E-state index in [0.29, 0.717) is 23.2 Å². The lowest BCUT2D eigenvalue weighted by atomic mass is 10.1. The highest BCUT2D eigenvalue weighted by Gasteiger charge is 2.36. The topological polar surface area (TPSA) is 29.3 Å². The van der Waals surface area contributed by atoms with Gasteiger partial charge < -0.3 is 10.6 Å². The molecule has 0 fully saturated rings. The Kier molecular flexibility index (Phi) is 3.36. The number of benzene rings is 2. The second-order valence-electron chi connectivity index (χ2n) is 5.04. The molecule has 2 nitrogen and oxygen atoms in total. The Morgan fingerprint density at radius 3 is 2.43 bits per heavy atom. The summed E-state index contributed by atoms with van der Waals surface area (Å²) >= 11 is 3.10. The smallest absolute Gasteiger partial charge is 0.399 e. The van der Waals surface area contributed by atoms with E-state index in [4.69, 9.17) is 5.73 Å². The molecule has 110 valence electrons. The molecular formula is C15H12BrF3N2. The van der Waals surface area contributed by atoms with Crippen LogP contribution in [0.4, 0.5) is 24.5 Å². The highest BCUT2D eigenvalue weighted by atomic mass is 79.9. The minimum atomic E-state index is -4.38. The molecule has 0 unspecified atom stereocenters. The van der Waals surface area contributed by atoms with E-state index in [9.17, 15) is 13.2 Å². The highest BCUT2D eigenvalue weighted by Crippen LogP contribution is 2.40. The zero-order valence-corrected chi connectivity index (χ0v) is 12.5. The average molecular weight is 357 g/mol. The Morgan fingerprint density at radius 2 is 1.71 bits per heavy atom. The van der Waals surface area contributed by atoms with Crippen LogP contribution in [0.1, 0.15) is 16.7 Å². The van der Waals surface area contributed by atoms with Crippen LogP contribution in [0, 0.1) is 0 Å². The van der Waals surface area contributed by atoms with Crippen molar-refractivity contribution in [1.29, 1.82) is 0 Å². The van der Waals surface area contributed by atoms with Crippen molar-refractivity contribution in [2.24, 2.45) is 0 Å². The van der Waals surface area contributed by atoms with Crippen molar-refractivity contribution < 1.29 is 13.2 Å². The third-order valence-corrected chi connectivity index (χ3v) is 4.05. The summed E-state index contributed by atoms with van der Waals surface area (Å²) in [5, 5.41) is 0. The SMILES string of the molecule is Nc1ccc2c(c1)CN(c1ccc(Br)cc1C(F)(F)F)C2. The van der Waals surface area contributed by atoms with Gasteiger partial charge in [-0.3, -0.25) is 0 Å². The highest BCUT2D eigenvalue weighted by molar-refractivity contribution is 9.10. The van der Waals surface area contributed by atoms with Gasteiger partial charge in [-0.2, -0.15) is 13.2 Å². The number of nitrogen functional groups attached to an aromatic ring is 1. The quantitative estimate of drug-likeness (QED) is 0.758. The first-order chi connectivity index (χ1) is 9.84. The monoisotopic (exact) mass is 356 g/mol. The number of hydrogen-bond acceptors (Lipinski definition) is 2. The molecule has 1 aliphatic heterocycles. The Balaban J connectivity index is 2.00. The van der Waals surface area contributed by atoms with Gasteiger partial charge in [0.15, 0.2) is 0 Å². The van der Waals surface area contributed by atoms with E-state index < -0.39 is 11.7 Å². The zero-order chi connectivity index (χ0) is 15.2. The lowest BCUT2D eigenvalue weighted by Crippen LogP contribution is -2.19. The van der Waals surface area contributed by atoms with Crippen LogP contribution in [0.3, 0.4) is 0 Å². The van der Waals surface area contributed by atoms with E-state index >= 15 is 0 Å². The van der Waals surface area contributed by atoms with E-state index in [2.05, 4.69) is 15.9 Å². The molecule has 0 saturated heterocycles.